The minimum Gasteiger partial charge on any atom is -0.497 e. The molecule has 3 aromatic carbocycles. The SMILES string of the molecule is C#Cc1ccc([C@H]2C[C@H](OP(OCCC#N)N(C(C)C)C(C)C)[C@@H](COC(c3ccccc3)(c3ccc(OC)cc3)c3ccc(OC)cc3)O2)s1. The van der Waals surface area contributed by atoms with E-state index in [-0.39, 0.29) is 43.9 Å². The number of terminal acetylenes is 1. The molecule has 0 bridgehead atoms. The van der Waals surface area contributed by atoms with Crippen LogP contribution in [0.1, 0.15) is 73.1 Å². The standard InChI is InChI=1S/C41H47N2O6PS/c1-8-36-23-24-40(51-36)38-27-37(49-50(47-26-12-25-42)43(29(2)3)30(4)5)39(48-38)28-46-41(31-13-10-9-11-14-31,32-15-19-34(44-6)20-16-32)33-17-21-35(45-7)22-18-33/h1,9-11,13-24,29-30,37-39H,12,26-28H2,2-7H3/t37-,38+,39+,50?/m0/s1. The van der Waals surface area contributed by atoms with E-state index in [4.69, 9.17) is 34.4 Å². The minimum absolute atomic E-state index is 0.150. The van der Waals surface area contributed by atoms with Crippen molar-refractivity contribution >= 4 is 19.9 Å². The largest absolute Gasteiger partial charge is 0.497 e. The molecule has 10 heteroatoms. The number of rotatable bonds is 17. The fourth-order valence-corrected chi connectivity index (χ4v) is 9.08. The van der Waals surface area contributed by atoms with Crippen LogP contribution in [0.4, 0.5) is 0 Å². The van der Waals surface area contributed by atoms with E-state index >= 15 is 0 Å². The number of hydrogen-bond acceptors (Lipinski definition) is 9. The lowest BCUT2D eigenvalue weighted by Crippen LogP contribution is -2.39. The molecule has 2 heterocycles. The van der Waals surface area contributed by atoms with E-state index in [1.165, 1.54) is 0 Å². The quantitative estimate of drug-likeness (QED) is 0.0461. The summed E-state index contributed by atoms with van der Waals surface area (Å²) in [7, 11) is 1.79. The fraction of sp³-hybridized carbons (Fsp3) is 0.390. The summed E-state index contributed by atoms with van der Waals surface area (Å²) >= 11 is 1.55. The second-order valence-electron chi connectivity index (χ2n) is 12.8. The van der Waals surface area contributed by atoms with Crippen LogP contribution in [-0.4, -0.2) is 56.4 Å². The second kappa shape index (κ2) is 18.1. The summed E-state index contributed by atoms with van der Waals surface area (Å²) in [6.45, 7) is 9.00. The van der Waals surface area contributed by atoms with E-state index in [0.717, 1.165) is 37.9 Å². The number of nitrogens with zero attached hydrogens (tertiary/aromatic N) is 2. The topological polar surface area (TPSA) is 82.4 Å². The molecule has 268 valence electrons. The van der Waals surface area contributed by atoms with Gasteiger partial charge in [-0.1, -0.05) is 60.5 Å². The molecule has 4 atom stereocenters. The highest BCUT2D eigenvalue weighted by Gasteiger charge is 2.45. The highest BCUT2D eigenvalue weighted by Crippen LogP contribution is 2.51. The van der Waals surface area contributed by atoms with Gasteiger partial charge in [0.05, 0.1) is 57.0 Å². The van der Waals surface area contributed by atoms with Gasteiger partial charge < -0.3 is 28.0 Å². The van der Waals surface area contributed by atoms with Crippen LogP contribution in [0.25, 0.3) is 0 Å². The van der Waals surface area contributed by atoms with Crippen molar-refractivity contribution in [1.29, 1.82) is 5.26 Å². The van der Waals surface area contributed by atoms with Crippen LogP contribution >= 0.6 is 19.9 Å². The molecule has 1 aliphatic heterocycles. The fourth-order valence-electron chi connectivity index (χ4n) is 6.45. The summed E-state index contributed by atoms with van der Waals surface area (Å²) in [6.07, 6.45) is 5.53. The lowest BCUT2D eigenvalue weighted by atomic mass is 9.80. The summed E-state index contributed by atoms with van der Waals surface area (Å²) in [5.74, 6) is 4.25. The van der Waals surface area contributed by atoms with Crippen LogP contribution in [0.3, 0.4) is 0 Å². The zero-order chi connectivity index (χ0) is 36.4. The summed E-state index contributed by atoms with van der Waals surface area (Å²) in [4.78, 5) is 1.89. The van der Waals surface area contributed by atoms with Gasteiger partial charge in [0.1, 0.15) is 23.2 Å². The van der Waals surface area contributed by atoms with Crippen molar-refractivity contribution in [3.05, 3.63) is 117 Å². The lowest BCUT2D eigenvalue weighted by Gasteiger charge is -2.39. The summed E-state index contributed by atoms with van der Waals surface area (Å²) in [5.41, 5.74) is 1.78. The van der Waals surface area contributed by atoms with E-state index in [2.05, 4.69) is 56.5 Å². The maximum absolute atomic E-state index is 9.29. The molecule has 1 saturated heterocycles. The minimum atomic E-state index is -1.53. The molecule has 0 saturated carbocycles. The van der Waals surface area contributed by atoms with Gasteiger partial charge in [-0.25, -0.2) is 4.67 Å². The molecule has 51 heavy (non-hydrogen) atoms. The van der Waals surface area contributed by atoms with Gasteiger partial charge in [0.15, 0.2) is 0 Å². The van der Waals surface area contributed by atoms with Gasteiger partial charge in [-0.15, -0.1) is 17.8 Å². The zero-order valence-corrected chi connectivity index (χ0v) is 31.9. The molecule has 5 rings (SSSR count). The number of thiophene rings is 1. The molecule has 1 unspecified atom stereocenters. The molecule has 1 fully saturated rings. The average molecular weight is 727 g/mol. The van der Waals surface area contributed by atoms with Crippen molar-refractivity contribution in [2.24, 2.45) is 0 Å². The van der Waals surface area contributed by atoms with Crippen molar-refractivity contribution < 1.29 is 28.0 Å². The van der Waals surface area contributed by atoms with Crippen molar-refractivity contribution in [1.82, 2.24) is 4.67 Å². The first-order valence-electron chi connectivity index (χ1n) is 17.2. The van der Waals surface area contributed by atoms with Crippen molar-refractivity contribution in [3.63, 3.8) is 0 Å². The number of methoxy groups -OCH3 is 2. The molecular formula is C41H47N2O6PS. The van der Waals surface area contributed by atoms with Gasteiger partial charge in [0, 0.05) is 23.4 Å². The predicted molar refractivity (Wildman–Crippen MR) is 203 cm³/mol. The van der Waals surface area contributed by atoms with Gasteiger partial charge in [-0.3, -0.25) is 0 Å². The van der Waals surface area contributed by atoms with E-state index < -0.39 is 20.2 Å². The first-order chi connectivity index (χ1) is 24.7. The highest BCUT2D eigenvalue weighted by molar-refractivity contribution is 7.44. The molecule has 0 N–H and O–H groups in total. The Balaban J connectivity index is 1.57. The Morgan fingerprint density at radius 2 is 1.47 bits per heavy atom. The molecular weight excluding hydrogens is 680 g/mol. The van der Waals surface area contributed by atoms with Crippen LogP contribution in [-0.2, 0) is 24.1 Å². The number of nitriles is 1. The van der Waals surface area contributed by atoms with Gasteiger partial charge in [0.25, 0.3) is 8.53 Å². The Morgan fingerprint density at radius 3 is 1.98 bits per heavy atom. The first kappa shape index (κ1) is 38.5. The Hall–Kier alpha value is -3.76. The van der Waals surface area contributed by atoms with Crippen LogP contribution in [0, 0.1) is 23.7 Å². The highest BCUT2D eigenvalue weighted by atomic mass is 32.1. The predicted octanol–water partition coefficient (Wildman–Crippen LogP) is 9.25. The van der Waals surface area contributed by atoms with Crippen LogP contribution in [0.15, 0.2) is 91.0 Å². The first-order valence-corrected chi connectivity index (χ1v) is 19.1. The van der Waals surface area contributed by atoms with Crippen molar-refractivity contribution in [2.75, 3.05) is 27.4 Å². The summed E-state index contributed by atoms with van der Waals surface area (Å²) in [6, 6.07) is 32.7. The van der Waals surface area contributed by atoms with Crippen LogP contribution < -0.4 is 9.47 Å². The molecule has 4 aromatic rings. The number of benzene rings is 3. The van der Waals surface area contributed by atoms with Crippen molar-refractivity contribution in [3.8, 4) is 29.9 Å². The van der Waals surface area contributed by atoms with Gasteiger partial charge >= 0.3 is 0 Å². The molecule has 1 aromatic heterocycles. The maximum atomic E-state index is 9.29. The van der Waals surface area contributed by atoms with Crippen molar-refractivity contribution in [2.45, 2.75) is 76.5 Å². The maximum Gasteiger partial charge on any atom is 0.259 e. The third-order valence-electron chi connectivity index (χ3n) is 8.81. The smallest absolute Gasteiger partial charge is 0.259 e. The molecule has 0 radical (unpaired) electrons. The molecule has 0 amide bonds. The number of hydrogen-bond donors (Lipinski definition) is 0. The van der Waals surface area contributed by atoms with Crippen LogP contribution in [0.5, 0.6) is 11.5 Å². The molecule has 0 aliphatic carbocycles. The monoisotopic (exact) mass is 726 g/mol. The second-order valence-corrected chi connectivity index (χ2v) is 15.3. The molecule has 0 spiro atoms. The van der Waals surface area contributed by atoms with E-state index in [1.807, 2.05) is 78.9 Å². The van der Waals surface area contributed by atoms with E-state index in [1.54, 1.807) is 25.6 Å². The lowest BCUT2D eigenvalue weighted by molar-refractivity contribution is -0.0802. The Labute approximate surface area is 308 Å². The van der Waals surface area contributed by atoms with Gasteiger partial charge in [0.2, 0.25) is 0 Å². The van der Waals surface area contributed by atoms with Gasteiger partial charge in [-0.2, -0.15) is 5.26 Å². The van der Waals surface area contributed by atoms with E-state index in [9.17, 15) is 5.26 Å². The Bertz CT molecular complexity index is 1690. The summed E-state index contributed by atoms with van der Waals surface area (Å²) < 4.78 is 40.8. The third-order valence-corrected chi connectivity index (χ3v) is 12.1. The molecule has 1 aliphatic rings. The van der Waals surface area contributed by atoms with Crippen LogP contribution in [0.2, 0.25) is 0 Å². The molecule has 8 nitrogen and oxygen atoms in total. The number of ether oxygens (including phenoxy) is 4. The Morgan fingerprint density at radius 1 is 0.882 bits per heavy atom. The summed E-state index contributed by atoms with van der Waals surface area (Å²) in [5, 5.41) is 9.29. The normalized spacial score (nSPS) is 18.1. The van der Waals surface area contributed by atoms with E-state index in [0.29, 0.717) is 6.42 Å². The third kappa shape index (κ3) is 9.01. The zero-order valence-electron chi connectivity index (χ0n) is 30.2. The Kier molecular flexibility index (Phi) is 13.7. The average Bonchev–Trinajstić information content (AvgIpc) is 3.80. The van der Waals surface area contributed by atoms with Gasteiger partial charge in [-0.05, 0) is 80.8 Å².